The molecule has 0 spiro atoms. The monoisotopic (exact) mass is 256 g/mol. The van der Waals surface area contributed by atoms with Crippen molar-refractivity contribution in [1.82, 2.24) is 0 Å². The molecular formula is C17H20O2. The number of unbranched alkanes of at least 4 members (excludes halogenated alkanes) is 1. The van der Waals surface area contributed by atoms with E-state index in [1.807, 2.05) is 31.2 Å². The minimum Gasteiger partial charge on any atom is -0.507 e. The third-order valence-electron chi connectivity index (χ3n) is 3.32. The van der Waals surface area contributed by atoms with Gasteiger partial charge in [0.25, 0.3) is 0 Å². The molecule has 2 aromatic carbocycles. The topological polar surface area (TPSA) is 40.5 Å². The van der Waals surface area contributed by atoms with Crippen molar-refractivity contribution < 1.29 is 10.2 Å². The summed E-state index contributed by atoms with van der Waals surface area (Å²) in [5.41, 5.74) is 3.65. The Morgan fingerprint density at radius 3 is 2.21 bits per heavy atom. The van der Waals surface area contributed by atoms with Crippen molar-refractivity contribution in [1.29, 1.82) is 0 Å². The van der Waals surface area contributed by atoms with E-state index >= 15 is 0 Å². The normalized spacial score (nSPS) is 10.6. The van der Waals surface area contributed by atoms with Crippen molar-refractivity contribution in [2.45, 2.75) is 33.1 Å². The quantitative estimate of drug-likeness (QED) is 0.850. The van der Waals surface area contributed by atoms with Crippen LogP contribution in [0.3, 0.4) is 0 Å². The van der Waals surface area contributed by atoms with E-state index in [9.17, 15) is 10.2 Å². The van der Waals surface area contributed by atoms with Gasteiger partial charge in [-0.05, 0) is 49.6 Å². The molecular weight excluding hydrogens is 236 g/mol. The molecule has 2 nitrogen and oxygen atoms in total. The van der Waals surface area contributed by atoms with Gasteiger partial charge in [-0.15, -0.1) is 0 Å². The van der Waals surface area contributed by atoms with Crippen molar-refractivity contribution in [2.24, 2.45) is 0 Å². The van der Waals surface area contributed by atoms with Crippen LogP contribution in [0.15, 0.2) is 36.4 Å². The Morgan fingerprint density at radius 2 is 1.53 bits per heavy atom. The number of benzene rings is 2. The van der Waals surface area contributed by atoms with E-state index in [0.717, 1.165) is 24.8 Å². The molecule has 0 unspecified atom stereocenters. The van der Waals surface area contributed by atoms with Crippen LogP contribution in [0.4, 0.5) is 0 Å². The summed E-state index contributed by atoms with van der Waals surface area (Å²) in [6.07, 6.45) is 3.27. The lowest BCUT2D eigenvalue weighted by Gasteiger charge is -2.10. The van der Waals surface area contributed by atoms with Crippen LogP contribution in [0.25, 0.3) is 11.1 Å². The maximum absolute atomic E-state index is 10.0. The third-order valence-corrected chi connectivity index (χ3v) is 3.32. The lowest BCUT2D eigenvalue weighted by Crippen LogP contribution is -1.88. The van der Waals surface area contributed by atoms with Gasteiger partial charge in [-0.25, -0.2) is 0 Å². The summed E-state index contributed by atoms with van der Waals surface area (Å²) in [7, 11) is 0. The second-order valence-electron chi connectivity index (χ2n) is 4.98. The van der Waals surface area contributed by atoms with Crippen molar-refractivity contribution in [2.75, 3.05) is 0 Å². The van der Waals surface area contributed by atoms with Crippen molar-refractivity contribution >= 4 is 0 Å². The molecule has 2 aromatic rings. The van der Waals surface area contributed by atoms with Crippen molar-refractivity contribution in [3.05, 3.63) is 47.5 Å². The molecule has 2 heteroatoms. The van der Waals surface area contributed by atoms with Gasteiger partial charge in [0.1, 0.15) is 11.5 Å². The zero-order valence-electron chi connectivity index (χ0n) is 11.5. The minimum absolute atomic E-state index is 0.202. The lowest BCUT2D eigenvalue weighted by molar-refractivity contribution is 0.469. The Morgan fingerprint density at radius 1 is 0.895 bits per heavy atom. The van der Waals surface area contributed by atoms with Crippen LogP contribution in [0.1, 0.15) is 30.9 Å². The summed E-state index contributed by atoms with van der Waals surface area (Å²) in [5, 5.41) is 20.0. The molecule has 0 fully saturated rings. The zero-order chi connectivity index (χ0) is 13.8. The Hall–Kier alpha value is -1.96. The lowest BCUT2D eigenvalue weighted by atomic mass is 9.97. The maximum atomic E-state index is 10.0. The third kappa shape index (κ3) is 3.08. The highest BCUT2D eigenvalue weighted by molar-refractivity contribution is 5.76. The molecule has 2 rings (SSSR count). The summed E-state index contributed by atoms with van der Waals surface area (Å²) in [6.45, 7) is 4.13. The van der Waals surface area contributed by atoms with Crippen LogP contribution in [0.2, 0.25) is 0 Å². The molecule has 0 aliphatic carbocycles. The van der Waals surface area contributed by atoms with Crippen LogP contribution in [-0.4, -0.2) is 10.2 Å². The number of rotatable bonds is 4. The van der Waals surface area contributed by atoms with E-state index in [1.54, 1.807) is 12.1 Å². The van der Waals surface area contributed by atoms with Crippen LogP contribution < -0.4 is 0 Å². The van der Waals surface area contributed by atoms with E-state index in [0.29, 0.717) is 11.1 Å². The fourth-order valence-electron chi connectivity index (χ4n) is 2.20. The SMILES string of the molecule is CCCCc1ccc(O)c(-c2cc(C)ccc2O)c1. The van der Waals surface area contributed by atoms with Gasteiger partial charge in [0, 0.05) is 11.1 Å². The van der Waals surface area contributed by atoms with Gasteiger partial charge in [-0.1, -0.05) is 31.0 Å². The first-order chi connectivity index (χ1) is 9.11. The van der Waals surface area contributed by atoms with Gasteiger partial charge in [-0.3, -0.25) is 0 Å². The molecule has 0 bridgehead atoms. The molecule has 0 amide bonds. The Labute approximate surface area is 114 Å². The van der Waals surface area contributed by atoms with Gasteiger partial charge in [-0.2, -0.15) is 0 Å². The number of hydrogen-bond donors (Lipinski definition) is 2. The van der Waals surface area contributed by atoms with Gasteiger partial charge in [0.15, 0.2) is 0 Å². The predicted molar refractivity (Wildman–Crippen MR) is 78.6 cm³/mol. The van der Waals surface area contributed by atoms with Crippen molar-refractivity contribution in [3.8, 4) is 22.6 Å². The number of aryl methyl sites for hydroxylation is 2. The molecule has 0 aliphatic heterocycles. The average Bonchev–Trinajstić information content (AvgIpc) is 2.41. The summed E-state index contributed by atoms with van der Waals surface area (Å²) < 4.78 is 0. The van der Waals surface area contributed by atoms with Crippen LogP contribution in [0, 0.1) is 6.92 Å². The fraction of sp³-hybridized carbons (Fsp3) is 0.294. The highest BCUT2D eigenvalue weighted by atomic mass is 16.3. The summed E-state index contributed by atoms with van der Waals surface area (Å²) in [4.78, 5) is 0. The second kappa shape index (κ2) is 5.79. The average molecular weight is 256 g/mol. The van der Waals surface area contributed by atoms with E-state index in [1.165, 1.54) is 5.56 Å². The minimum atomic E-state index is 0.202. The largest absolute Gasteiger partial charge is 0.507 e. The van der Waals surface area contributed by atoms with E-state index in [4.69, 9.17) is 0 Å². The predicted octanol–water partition coefficient (Wildman–Crippen LogP) is 4.42. The summed E-state index contributed by atoms with van der Waals surface area (Å²) >= 11 is 0. The second-order valence-corrected chi connectivity index (χ2v) is 4.98. The molecule has 0 saturated carbocycles. The molecule has 2 N–H and O–H groups in total. The smallest absolute Gasteiger partial charge is 0.123 e. The van der Waals surface area contributed by atoms with Gasteiger partial charge < -0.3 is 10.2 Å². The Balaban J connectivity index is 2.45. The first-order valence-electron chi connectivity index (χ1n) is 6.73. The first-order valence-corrected chi connectivity index (χ1v) is 6.73. The maximum Gasteiger partial charge on any atom is 0.123 e. The summed E-state index contributed by atoms with van der Waals surface area (Å²) in [5.74, 6) is 0.412. The molecule has 19 heavy (non-hydrogen) atoms. The number of hydrogen-bond acceptors (Lipinski definition) is 2. The molecule has 0 aliphatic rings. The van der Waals surface area contributed by atoms with Crippen LogP contribution in [-0.2, 0) is 6.42 Å². The molecule has 100 valence electrons. The van der Waals surface area contributed by atoms with Gasteiger partial charge in [0.05, 0.1) is 0 Å². The number of aromatic hydroxyl groups is 2. The summed E-state index contributed by atoms with van der Waals surface area (Å²) in [6, 6.07) is 11.1. The standard InChI is InChI=1S/C17H20O2/c1-3-4-5-13-7-9-17(19)15(11-13)14-10-12(2)6-8-16(14)18/h6-11,18-19H,3-5H2,1-2H3. The highest BCUT2D eigenvalue weighted by Crippen LogP contribution is 2.36. The number of phenols is 2. The van der Waals surface area contributed by atoms with Gasteiger partial charge in [0.2, 0.25) is 0 Å². The Bertz CT molecular complexity index is 573. The molecule has 0 heterocycles. The first kappa shape index (κ1) is 13.5. The van der Waals surface area contributed by atoms with Crippen LogP contribution >= 0.6 is 0 Å². The van der Waals surface area contributed by atoms with E-state index in [-0.39, 0.29) is 11.5 Å². The molecule has 0 saturated heterocycles. The van der Waals surface area contributed by atoms with E-state index < -0.39 is 0 Å². The van der Waals surface area contributed by atoms with E-state index in [2.05, 4.69) is 6.92 Å². The van der Waals surface area contributed by atoms with Crippen molar-refractivity contribution in [3.63, 3.8) is 0 Å². The molecule has 0 aromatic heterocycles. The number of phenolic OH excluding ortho intramolecular Hbond substituents is 2. The highest BCUT2D eigenvalue weighted by Gasteiger charge is 2.10. The van der Waals surface area contributed by atoms with Gasteiger partial charge >= 0.3 is 0 Å². The molecule has 0 atom stereocenters. The van der Waals surface area contributed by atoms with Crippen LogP contribution in [0.5, 0.6) is 11.5 Å². The Kier molecular flexibility index (Phi) is 4.10. The zero-order valence-corrected chi connectivity index (χ0v) is 11.5. The molecule has 0 radical (unpaired) electrons. The fourth-order valence-corrected chi connectivity index (χ4v) is 2.20.